The smallest absolute Gasteiger partial charge is 0.136 e. The Morgan fingerprint density at radius 2 is 2.11 bits per heavy atom. The van der Waals surface area contributed by atoms with Crippen molar-refractivity contribution < 1.29 is 4.42 Å². The third-order valence-corrected chi connectivity index (χ3v) is 5.51. The molecule has 2 heterocycles. The van der Waals surface area contributed by atoms with Gasteiger partial charge in [-0.25, -0.2) is 0 Å². The zero-order valence-electron chi connectivity index (χ0n) is 11.4. The SMILES string of the molecule is NCC(c1occc1Br)N1CCCC1C1CCCC1. The Hall–Kier alpha value is -0.320. The Labute approximate surface area is 123 Å². The number of nitrogens with zero attached hydrogens (tertiary/aromatic N) is 1. The molecule has 2 atom stereocenters. The summed E-state index contributed by atoms with van der Waals surface area (Å²) >= 11 is 3.58. The fraction of sp³-hybridized carbons (Fsp3) is 0.733. The second-order valence-corrected chi connectivity index (χ2v) is 6.73. The van der Waals surface area contributed by atoms with Crippen LogP contribution in [-0.2, 0) is 0 Å². The van der Waals surface area contributed by atoms with Gasteiger partial charge in [-0.05, 0) is 60.1 Å². The van der Waals surface area contributed by atoms with E-state index in [4.69, 9.17) is 10.2 Å². The lowest BCUT2D eigenvalue weighted by Crippen LogP contribution is -2.40. The molecule has 1 saturated carbocycles. The summed E-state index contributed by atoms with van der Waals surface area (Å²) in [5, 5.41) is 0. The van der Waals surface area contributed by atoms with Gasteiger partial charge < -0.3 is 10.2 Å². The van der Waals surface area contributed by atoms with Gasteiger partial charge >= 0.3 is 0 Å². The quantitative estimate of drug-likeness (QED) is 0.917. The zero-order chi connectivity index (χ0) is 13.2. The van der Waals surface area contributed by atoms with Crippen LogP contribution in [0.1, 0.15) is 50.3 Å². The van der Waals surface area contributed by atoms with Gasteiger partial charge in [0.15, 0.2) is 0 Å². The number of hydrogen-bond donors (Lipinski definition) is 1. The van der Waals surface area contributed by atoms with E-state index in [0.717, 1.165) is 22.7 Å². The van der Waals surface area contributed by atoms with Gasteiger partial charge in [-0.15, -0.1) is 0 Å². The van der Waals surface area contributed by atoms with E-state index in [0.29, 0.717) is 12.6 Å². The summed E-state index contributed by atoms with van der Waals surface area (Å²) in [6.45, 7) is 1.80. The fourth-order valence-corrected chi connectivity index (χ4v) is 4.45. The molecule has 0 aromatic carbocycles. The number of rotatable bonds is 4. The van der Waals surface area contributed by atoms with E-state index >= 15 is 0 Å². The van der Waals surface area contributed by atoms with Crippen molar-refractivity contribution in [1.82, 2.24) is 4.90 Å². The van der Waals surface area contributed by atoms with Gasteiger partial charge in [-0.3, -0.25) is 4.90 Å². The van der Waals surface area contributed by atoms with E-state index in [1.54, 1.807) is 6.26 Å². The molecule has 2 unspecified atom stereocenters. The molecule has 1 aromatic heterocycles. The van der Waals surface area contributed by atoms with Crippen LogP contribution in [0.4, 0.5) is 0 Å². The minimum Gasteiger partial charge on any atom is -0.466 e. The molecule has 3 nitrogen and oxygen atoms in total. The molecule has 1 aliphatic heterocycles. The van der Waals surface area contributed by atoms with Crippen molar-refractivity contribution in [1.29, 1.82) is 0 Å². The molecule has 2 aliphatic rings. The van der Waals surface area contributed by atoms with Crippen molar-refractivity contribution in [2.45, 2.75) is 50.6 Å². The van der Waals surface area contributed by atoms with Gasteiger partial charge in [0.2, 0.25) is 0 Å². The summed E-state index contributed by atoms with van der Waals surface area (Å²) in [5.74, 6) is 1.89. The highest BCUT2D eigenvalue weighted by atomic mass is 79.9. The average Bonchev–Trinajstić information content (AvgIpc) is 3.11. The van der Waals surface area contributed by atoms with E-state index < -0.39 is 0 Å². The molecule has 2 N–H and O–H groups in total. The van der Waals surface area contributed by atoms with Crippen LogP contribution in [0.25, 0.3) is 0 Å². The lowest BCUT2D eigenvalue weighted by atomic mass is 9.95. The number of furan rings is 1. The summed E-state index contributed by atoms with van der Waals surface area (Å²) in [7, 11) is 0. The second kappa shape index (κ2) is 5.98. The minimum atomic E-state index is 0.234. The first kappa shape index (κ1) is 13.7. The molecular formula is C15H23BrN2O. The van der Waals surface area contributed by atoms with E-state index in [1.165, 1.54) is 38.5 Å². The van der Waals surface area contributed by atoms with Gasteiger partial charge in [0.1, 0.15) is 5.76 Å². The molecule has 0 radical (unpaired) electrons. The highest BCUT2D eigenvalue weighted by Crippen LogP contribution is 2.40. The first-order chi connectivity index (χ1) is 9.31. The largest absolute Gasteiger partial charge is 0.466 e. The lowest BCUT2D eigenvalue weighted by Gasteiger charge is -2.34. The maximum atomic E-state index is 6.05. The summed E-state index contributed by atoms with van der Waals surface area (Å²) < 4.78 is 6.73. The van der Waals surface area contributed by atoms with Crippen LogP contribution < -0.4 is 5.73 Å². The van der Waals surface area contributed by atoms with E-state index in [2.05, 4.69) is 20.8 Å². The summed E-state index contributed by atoms with van der Waals surface area (Å²) in [6.07, 6.45) is 10.0. The van der Waals surface area contributed by atoms with E-state index in [1.807, 2.05) is 6.07 Å². The van der Waals surface area contributed by atoms with Crippen LogP contribution in [0.5, 0.6) is 0 Å². The van der Waals surface area contributed by atoms with E-state index in [-0.39, 0.29) is 6.04 Å². The van der Waals surface area contributed by atoms with Crippen molar-refractivity contribution in [3.63, 3.8) is 0 Å². The monoisotopic (exact) mass is 326 g/mol. The third kappa shape index (κ3) is 2.63. The number of likely N-dealkylation sites (tertiary alicyclic amines) is 1. The Kier molecular flexibility index (Phi) is 4.30. The lowest BCUT2D eigenvalue weighted by molar-refractivity contribution is 0.123. The van der Waals surface area contributed by atoms with Crippen molar-refractivity contribution in [2.24, 2.45) is 11.7 Å². The first-order valence-corrected chi connectivity index (χ1v) is 8.29. The van der Waals surface area contributed by atoms with Crippen LogP contribution in [0, 0.1) is 5.92 Å². The predicted octanol–water partition coefficient (Wildman–Crippen LogP) is 3.70. The molecule has 19 heavy (non-hydrogen) atoms. The normalized spacial score (nSPS) is 27.2. The van der Waals surface area contributed by atoms with E-state index in [9.17, 15) is 0 Å². The second-order valence-electron chi connectivity index (χ2n) is 5.88. The minimum absolute atomic E-state index is 0.234. The molecule has 3 rings (SSSR count). The van der Waals surface area contributed by atoms with Crippen molar-refractivity contribution in [3.8, 4) is 0 Å². The topological polar surface area (TPSA) is 42.4 Å². The Morgan fingerprint density at radius 1 is 1.32 bits per heavy atom. The standard InChI is InChI=1S/C15H23BrN2O/c16-12-7-9-19-15(12)14(10-17)18-8-3-6-13(18)11-4-1-2-5-11/h7,9,11,13-14H,1-6,8,10,17H2. The summed E-state index contributed by atoms with van der Waals surface area (Å²) in [6, 6.07) is 2.92. The predicted molar refractivity (Wildman–Crippen MR) is 79.9 cm³/mol. The maximum Gasteiger partial charge on any atom is 0.136 e. The highest BCUT2D eigenvalue weighted by Gasteiger charge is 2.38. The van der Waals surface area contributed by atoms with Crippen molar-refractivity contribution in [3.05, 3.63) is 22.6 Å². The third-order valence-electron chi connectivity index (χ3n) is 4.86. The molecule has 1 aromatic rings. The fourth-order valence-electron chi connectivity index (χ4n) is 3.99. The van der Waals surface area contributed by atoms with Crippen molar-refractivity contribution in [2.75, 3.05) is 13.1 Å². The van der Waals surface area contributed by atoms with Gasteiger partial charge in [-0.2, -0.15) is 0 Å². The molecule has 0 bridgehead atoms. The summed E-state index contributed by atoms with van der Waals surface area (Å²) in [5.41, 5.74) is 6.05. The van der Waals surface area contributed by atoms with Gasteiger partial charge in [0, 0.05) is 12.6 Å². The van der Waals surface area contributed by atoms with Gasteiger partial charge in [-0.1, -0.05) is 12.8 Å². The number of halogens is 1. The maximum absolute atomic E-state index is 6.05. The summed E-state index contributed by atoms with van der Waals surface area (Å²) in [4.78, 5) is 2.61. The molecule has 1 aliphatic carbocycles. The molecule has 1 saturated heterocycles. The highest BCUT2D eigenvalue weighted by molar-refractivity contribution is 9.10. The average molecular weight is 327 g/mol. The molecule has 0 amide bonds. The molecule has 2 fully saturated rings. The van der Waals surface area contributed by atoms with Crippen LogP contribution >= 0.6 is 15.9 Å². The van der Waals surface area contributed by atoms with Crippen LogP contribution in [0.15, 0.2) is 21.2 Å². The molecule has 4 heteroatoms. The molecule has 106 valence electrons. The number of hydrogen-bond acceptors (Lipinski definition) is 3. The Bertz CT molecular complexity index is 414. The Morgan fingerprint density at radius 3 is 2.74 bits per heavy atom. The van der Waals surface area contributed by atoms with Crippen LogP contribution in [0.2, 0.25) is 0 Å². The van der Waals surface area contributed by atoms with Gasteiger partial charge in [0.05, 0.1) is 16.8 Å². The molecular weight excluding hydrogens is 304 g/mol. The number of nitrogens with two attached hydrogens (primary N) is 1. The molecule has 0 spiro atoms. The zero-order valence-corrected chi connectivity index (χ0v) is 12.9. The van der Waals surface area contributed by atoms with Gasteiger partial charge in [0.25, 0.3) is 0 Å². The van der Waals surface area contributed by atoms with Crippen molar-refractivity contribution >= 4 is 15.9 Å². The first-order valence-electron chi connectivity index (χ1n) is 7.50. The van der Waals surface area contributed by atoms with Crippen LogP contribution in [-0.4, -0.2) is 24.0 Å². The Balaban J connectivity index is 1.80. The van der Waals surface area contributed by atoms with Crippen LogP contribution in [0.3, 0.4) is 0 Å².